The molecule has 1 fully saturated rings. The third-order valence-electron chi connectivity index (χ3n) is 3.56. The number of carbonyl (C=O) groups excluding carboxylic acids is 1. The highest BCUT2D eigenvalue weighted by Gasteiger charge is 2.52. The van der Waals surface area contributed by atoms with E-state index in [-0.39, 0.29) is 27.7 Å². The van der Waals surface area contributed by atoms with Gasteiger partial charge in [0.1, 0.15) is 6.10 Å². The van der Waals surface area contributed by atoms with Gasteiger partial charge < -0.3 is 4.74 Å². The van der Waals surface area contributed by atoms with Crippen molar-refractivity contribution in [1.82, 2.24) is 0 Å². The molecule has 1 saturated carbocycles. The molecule has 0 saturated heterocycles. The Hall–Kier alpha value is 0.430. The van der Waals surface area contributed by atoms with Crippen molar-refractivity contribution in [2.75, 3.05) is 0 Å². The van der Waals surface area contributed by atoms with Crippen LogP contribution < -0.4 is 0 Å². The number of ether oxygens (including phenoxy) is 1. The molecule has 0 aromatic rings. The minimum Gasteiger partial charge on any atom is -0.462 e. The number of esters is 1. The van der Waals surface area contributed by atoms with Crippen LogP contribution in [-0.2, 0) is 9.53 Å². The fraction of sp³-hybridized carbons (Fsp3) is 0.917. The van der Waals surface area contributed by atoms with Crippen molar-refractivity contribution in [3.05, 3.63) is 0 Å². The van der Waals surface area contributed by atoms with E-state index in [1.165, 1.54) is 6.92 Å². The average molecular weight is 356 g/mol. The fourth-order valence-electron chi connectivity index (χ4n) is 2.20. The quantitative estimate of drug-likeness (QED) is 0.526. The van der Waals surface area contributed by atoms with Gasteiger partial charge in [0.2, 0.25) is 0 Å². The van der Waals surface area contributed by atoms with Crippen LogP contribution in [0.25, 0.3) is 0 Å². The third kappa shape index (κ3) is 2.63. The van der Waals surface area contributed by atoms with E-state index < -0.39 is 0 Å². The molecule has 94 valence electrons. The lowest BCUT2D eigenvalue weighted by atomic mass is 9.65. The Morgan fingerprint density at radius 2 is 1.69 bits per heavy atom. The van der Waals surface area contributed by atoms with E-state index >= 15 is 0 Å². The molecule has 16 heavy (non-hydrogen) atoms. The number of halogens is 2. The first kappa shape index (κ1) is 14.5. The molecule has 2 nitrogen and oxygen atoms in total. The summed E-state index contributed by atoms with van der Waals surface area (Å²) in [6.07, 6.45) is 0.857. The summed E-state index contributed by atoms with van der Waals surface area (Å²) in [5.41, 5.74) is 0.0547. The SMILES string of the molecule is CC(=O)O[C@H]1CC(C)(C)[C@@H](Br)[C@H](Br)C1(C)C. The molecule has 3 atom stereocenters. The molecule has 0 aromatic carbocycles. The second-order valence-corrected chi connectivity index (χ2v) is 7.89. The lowest BCUT2D eigenvalue weighted by Crippen LogP contribution is -2.55. The van der Waals surface area contributed by atoms with Crippen LogP contribution in [0.1, 0.15) is 41.0 Å². The minimum atomic E-state index is -0.193. The van der Waals surface area contributed by atoms with Crippen molar-refractivity contribution >= 4 is 37.8 Å². The Labute approximate surface area is 115 Å². The molecular formula is C12H20Br2O2. The van der Waals surface area contributed by atoms with Crippen molar-refractivity contribution in [3.8, 4) is 0 Å². The Balaban J connectivity index is 2.96. The van der Waals surface area contributed by atoms with Gasteiger partial charge in [0.05, 0.1) is 0 Å². The summed E-state index contributed by atoms with van der Waals surface area (Å²) >= 11 is 7.50. The van der Waals surface area contributed by atoms with Crippen molar-refractivity contribution in [2.45, 2.75) is 56.8 Å². The Morgan fingerprint density at radius 1 is 1.19 bits per heavy atom. The van der Waals surface area contributed by atoms with Gasteiger partial charge in [-0.15, -0.1) is 0 Å². The summed E-state index contributed by atoms with van der Waals surface area (Å²) in [6, 6.07) is 0. The molecule has 0 unspecified atom stereocenters. The number of carbonyl (C=O) groups is 1. The molecule has 0 bridgehead atoms. The van der Waals surface area contributed by atoms with Gasteiger partial charge in [-0.1, -0.05) is 59.6 Å². The van der Waals surface area contributed by atoms with E-state index in [1.54, 1.807) is 0 Å². The second kappa shape index (κ2) is 4.60. The number of hydrogen-bond acceptors (Lipinski definition) is 2. The largest absolute Gasteiger partial charge is 0.462 e. The number of rotatable bonds is 1. The zero-order chi connectivity index (χ0) is 12.7. The first-order valence-electron chi connectivity index (χ1n) is 5.54. The standard InChI is InChI=1S/C12H20Br2O2/c1-7(15)16-8-6-11(2,3)9(13)10(14)12(8,4)5/h8-10H,6H2,1-5H3/t8-,9-,10-/m0/s1. The third-order valence-corrected chi connectivity index (χ3v) is 7.75. The molecule has 0 heterocycles. The second-order valence-electron chi connectivity index (χ2n) is 5.92. The van der Waals surface area contributed by atoms with E-state index in [0.29, 0.717) is 4.83 Å². The maximum Gasteiger partial charge on any atom is 0.302 e. The van der Waals surface area contributed by atoms with Crippen LogP contribution in [0.5, 0.6) is 0 Å². The summed E-state index contributed by atoms with van der Waals surface area (Å²) in [5, 5.41) is 0. The minimum absolute atomic E-state index is 0.0295. The van der Waals surface area contributed by atoms with Crippen LogP contribution in [-0.4, -0.2) is 21.7 Å². The van der Waals surface area contributed by atoms with Crippen LogP contribution in [0, 0.1) is 10.8 Å². The van der Waals surface area contributed by atoms with E-state index in [4.69, 9.17) is 4.74 Å². The highest BCUT2D eigenvalue weighted by Crippen LogP contribution is 2.52. The van der Waals surface area contributed by atoms with Crippen LogP contribution in [0.2, 0.25) is 0 Å². The molecule has 0 amide bonds. The molecule has 1 rings (SSSR count). The smallest absolute Gasteiger partial charge is 0.302 e. The van der Waals surface area contributed by atoms with Crippen LogP contribution in [0.3, 0.4) is 0 Å². The molecule has 0 aromatic heterocycles. The van der Waals surface area contributed by atoms with Crippen molar-refractivity contribution in [2.24, 2.45) is 10.8 Å². The monoisotopic (exact) mass is 354 g/mol. The maximum absolute atomic E-state index is 11.1. The topological polar surface area (TPSA) is 26.3 Å². The highest BCUT2D eigenvalue weighted by molar-refractivity contribution is 9.12. The van der Waals surface area contributed by atoms with E-state index in [2.05, 4.69) is 59.6 Å². The van der Waals surface area contributed by atoms with Gasteiger partial charge in [0.15, 0.2) is 0 Å². The summed E-state index contributed by atoms with van der Waals surface area (Å²) in [6.45, 7) is 10.2. The molecule has 0 N–H and O–H groups in total. The van der Waals surface area contributed by atoms with Crippen molar-refractivity contribution in [3.63, 3.8) is 0 Å². The normalized spacial score (nSPS) is 36.8. The van der Waals surface area contributed by atoms with E-state index in [1.807, 2.05) is 0 Å². The molecular weight excluding hydrogens is 336 g/mol. The Kier molecular flexibility index (Phi) is 4.17. The maximum atomic E-state index is 11.1. The molecule has 1 aliphatic rings. The van der Waals surface area contributed by atoms with Crippen LogP contribution in [0.4, 0.5) is 0 Å². The van der Waals surface area contributed by atoms with Crippen LogP contribution in [0.15, 0.2) is 0 Å². The van der Waals surface area contributed by atoms with Gasteiger partial charge in [0, 0.05) is 22.0 Å². The van der Waals surface area contributed by atoms with Gasteiger partial charge in [-0.05, 0) is 11.8 Å². The summed E-state index contributed by atoms with van der Waals surface area (Å²) < 4.78 is 5.47. The lowest BCUT2D eigenvalue weighted by molar-refractivity contribution is -0.157. The number of hydrogen-bond donors (Lipinski definition) is 0. The van der Waals surface area contributed by atoms with Gasteiger partial charge >= 0.3 is 5.97 Å². The van der Waals surface area contributed by atoms with Crippen LogP contribution >= 0.6 is 31.9 Å². The predicted molar refractivity (Wildman–Crippen MR) is 73.2 cm³/mol. The molecule has 0 spiro atoms. The summed E-state index contributed by atoms with van der Waals surface area (Å²) in [4.78, 5) is 11.8. The molecule has 4 heteroatoms. The van der Waals surface area contributed by atoms with Gasteiger partial charge in [0.25, 0.3) is 0 Å². The number of alkyl halides is 2. The highest BCUT2D eigenvalue weighted by atomic mass is 79.9. The van der Waals surface area contributed by atoms with Gasteiger partial charge in [-0.2, -0.15) is 0 Å². The van der Waals surface area contributed by atoms with Crippen molar-refractivity contribution < 1.29 is 9.53 Å². The molecule has 1 aliphatic carbocycles. The summed E-state index contributed by atoms with van der Waals surface area (Å²) in [5.74, 6) is -0.193. The van der Waals surface area contributed by atoms with Crippen molar-refractivity contribution in [1.29, 1.82) is 0 Å². The molecule has 0 aliphatic heterocycles. The van der Waals surface area contributed by atoms with Gasteiger partial charge in [-0.25, -0.2) is 0 Å². The van der Waals surface area contributed by atoms with E-state index in [0.717, 1.165) is 6.42 Å². The first-order valence-corrected chi connectivity index (χ1v) is 7.37. The van der Waals surface area contributed by atoms with Gasteiger partial charge in [-0.3, -0.25) is 4.79 Å². The van der Waals surface area contributed by atoms with E-state index in [9.17, 15) is 4.79 Å². The first-order chi connectivity index (χ1) is 7.09. The zero-order valence-corrected chi connectivity index (χ0v) is 13.7. The lowest BCUT2D eigenvalue weighted by Gasteiger charge is -2.51. The Bertz CT molecular complexity index is 287. The Morgan fingerprint density at radius 3 is 2.12 bits per heavy atom. The fourth-order valence-corrected chi connectivity index (χ4v) is 4.08. The zero-order valence-electron chi connectivity index (χ0n) is 10.5. The average Bonchev–Trinajstić information content (AvgIpc) is 2.11. The molecule has 0 radical (unpaired) electrons. The predicted octanol–water partition coefficient (Wildman–Crippen LogP) is 3.90. The summed E-state index contributed by atoms with van der Waals surface area (Å²) in [7, 11) is 0.